The maximum Gasteiger partial charge on any atom is 0.261 e. The predicted octanol–water partition coefficient (Wildman–Crippen LogP) is 3.71. The van der Waals surface area contributed by atoms with Crippen LogP contribution in [0.25, 0.3) is 10.9 Å². The van der Waals surface area contributed by atoms with Gasteiger partial charge in [-0.15, -0.1) is 0 Å². The molecule has 0 aliphatic rings. The maximum atomic E-state index is 13.3. The summed E-state index contributed by atoms with van der Waals surface area (Å²) in [4.78, 5) is 28.8. The second kappa shape index (κ2) is 6.24. The van der Waals surface area contributed by atoms with Crippen molar-refractivity contribution in [3.8, 4) is 0 Å². The molecule has 1 heterocycles. The first-order valence-corrected chi connectivity index (χ1v) is 8.05. The first kappa shape index (κ1) is 17.0. The number of carbonyl (C=O) groups is 1. The number of aryl methyl sites for hydroxylation is 2. The number of fused-ring (bicyclic) bond motifs is 1. The van der Waals surface area contributed by atoms with Gasteiger partial charge in [-0.2, -0.15) is 0 Å². The average Bonchev–Trinajstić information content (AvgIpc) is 2.52. The highest BCUT2D eigenvalue weighted by Crippen LogP contribution is 2.23. The normalized spacial score (nSPS) is 11.1. The molecule has 1 aromatic heterocycles. The Morgan fingerprint density at radius 3 is 2.56 bits per heavy atom. The van der Waals surface area contributed by atoms with Crippen molar-refractivity contribution >= 4 is 16.7 Å². The molecule has 0 unspecified atom stereocenters. The zero-order valence-corrected chi connectivity index (χ0v) is 14.7. The van der Waals surface area contributed by atoms with Gasteiger partial charge in [0.25, 0.3) is 5.56 Å². The van der Waals surface area contributed by atoms with Gasteiger partial charge in [0, 0.05) is 11.6 Å². The molecule has 0 N–H and O–H groups in total. The Bertz CT molecular complexity index is 1070. The van der Waals surface area contributed by atoms with Crippen molar-refractivity contribution in [3.05, 3.63) is 74.6 Å². The molecule has 4 nitrogen and oxygen atoms in total. The van der Waals surface area contributed by atoms with E-state index in [2.05, 4.69) is 4.98 Å². The number of Topliss-reactive ketones (excluding diaryl/α,β-unsaturated/α-hetero) is 1. The third kappa shape index (κ3) is 2.97. The van der Waals surface area contributed by atoms with Gasteiger partial charge < -0.3 is 0 Å². The number of nitrogens with zero attached hydrogens (tertiary/aromatic N) is 2. The van der Waals surface area contributed by atoms with Crippen LogP contribution in [0.5, 0.6) is 0 Å². The first-order valence-electron chi connectivity index (χ1n) is 8.05. The number of halogens is 1. The van der Waals surface area contributed by atoms with E-state index in [-0.39, 0.29) is 11.3 Å². The molecular formula is C20H19FN2O2. The van der Waals surface area contributed by atoms with Gasteiger partial charge >= 0.3 is 0 Å². The number of benzene rings is 2. The fourth-order valence-electron chi connectivity index (χ4n) is 3.43. The van der Waals surface area contributed by atoms with Crippen molar-refractivity contribution in [1.82, 2.24) is 9.55 Å². The number of ketones is 1. The molecule has 0 atom stereocenters. The van der Waals surface area contributed by atoms with Crippen LogP contribution in [0.2, 0.25) is 0 Å². The number of hydrogen-bond acceptors (Lipinski definition) is 3. The molecule has 0 bridgehead atoms. The van der Waals surface area contributed by atoms with Gasteiger partial charge in [-0.05, 0) is 62.1 Å². The second-order valence-electron chi connectivity index (χ2n) is 6.38. The van der Waals surface area contributed by atoms with E-state index in [0.29, 0.717) is 23.0 Å². The van der Waals surface area contributed by atoms with Crippen LogP contribution in [0, 0.1) is 26.6 Å². The molecule has 0 amide bonds. The number of aromatic nitrogens is 2. The molecule has 0 radical (unpaired) electrons. The van der Waals surface area contributed by atoms with E-state index in [1.54, 1.807) is 6.92 Å². The molecule has 25 heavy (non-hydrogen) atoms. The molecule has 0 aliphatic carbocycles. The van der Waals surface area contributed by atoms with E-state index in [1.807, 2.05) is 26.8 Å². The zero-order chi connectivity index (χ0) is 18.3. The maximum absolute atomic E-state index is 13.3. The largest absolute Gasteiger partial charge is 0.294 e. The van der Waals surface area contributed by atoms with E-state index in [4.69, 9.17) is 0 Å². The van der Waals surface area contributed by atoms with Gasteiger partial charge in [0.1, 0.15) is 5.82 Å². The number of carbonyl (C=O) groups excluding carboxylic acids is 1. The molecule has 0 spiro atoms. The van der Waals surface area contributed by atoms with Crippen LogP contribution in [0.4, 0.5) is 4.39 Å². The number of rotatable bonds is 3. The minimum absolute atomic E-state index is 0.00992. The summed E-state index contributed by atoms with van der Waals surface area (Å²) < 4.78 is 14.8. The van der Waals surface area contributed by atoms with Crippen LogP contribution in [0.15, 0.2) is 35.4 Å². The summed E-state index contributed by atoms with van der Waals surface area (Å²) in [7, 11) is 0. The summed E-state index contributed by atoms with van der Waals surface area (Å²) in [6, 6.07) is 5.92. The van der Waals surface area contributed by atoms with Crippen molar-refractivity contribution in [3.63, 3.8) is 0 Å². The third-order valence-corrected chi connectivity index (χ3v) is 4.60. The molecule has 0 saturated carbocycles. The summed E-state index contributed by atoms with van der Waals surface area (Å²) in [6.07, 6.45) is 1.43. The highest BCUT2D eigenvalue weighted by molar-refractivity contribution is 5.97. The van der Waals surface area contributed by atoms with Gasteiger partial charge in [0.15, 0.2) is 5.78 Å². The summed E-state index contributed by atoms with van der Waals surface area (Å²) in [5.41, 5.74) is 4.58. The van der Waals surface area contributed by atoms with Gasteiger partial charge in [-0.25, -0.2) is 9.37 Å². The fourth-order valence-corrected chi connectivity index (χ4v) is 3.43. The lowest BCUT2D eigenvalue weighted by Crippen LogP contribution is -2.22. The lowest BCUT2D eigenvalue weighted by molar-refractivity contribution is 0.101. The molecule has 2 aromatic carbocycles. The number of hydrogen-bond donors (Lipinski definition) is 0. The smallest absolute Gasteiger partial charge is 0.261 e. The Morgan fingerprint density at radius 1 is 1.16 bits per heavy atom. The van der Waals surface area contributed by atoms with Gasteiger partial charge in [0.2, 0.25) is 0 Å². The van der Waals surface area contributed by atoms with Gasteiger partial charge in [-0.3, -0.25) is 14.2 Å². The van der Waals surface area contributed by atoms with Crippen molar-refractivity contribution < 1.29 is 9.18 Å². The van der Waals surface area contributed by atoms with Crippen LogP contribution >= 0.6 is 0 Å². The predicted molar refractivity (Wildman–Crippen MR) is 95.7 cm³/mol. The Kier molecular flexibility index (Phi) is 4.25. The van der Waals surface area contributed by atoms with Crippen molar-refractivity contribution in [1.29, 1.82) is 0 Å². The molecule has 0 aliphatic heterocycles. The van der Waals surface area contributed by atoms with Gasteiger partial charge in [0.05, 0.1) is 23.8 Å². The first-order chi connectivity index (χ1) is 11.8. The standard InChI is InChI=1S/C20H19FN2O2/c1-11-7-12(2)19(14(4)24)13(3)17(11)9-23-10-22-18-8-15(21)5-6-16(18)20(23)25/h5-8,10H,9H2,1-4H3. The Balaban J connectivity index is 2.15. The van der Waals surface area contributed by atoms with E-state index in [9.17, 15) is 14.0 Å². The molecule has 128 valence electrons. The minimum Gasteiger partial charge on any atom is -0.294 e. The molecule has 0 saturated heterocycles. The fraction of sp³-hybridized carbons (Fsp3) is 0.250. The van der Waals surface area contributed by atoms with Crippen LogP contribution in [-0.4, -0.2) is 15.3 Å². The summed E-state index contributed by atoms with van der Waals surface area (Å²) in [5, 5.41) is 0.373. The Labute approximate surface area is 144 Å². The van der Waals surface area contributed by atoms with Crippen LogP contribution in [-0.2, 0) is 6.54 Å². The van der Waals surface area contributed by atoms with E-state index < -0.39 is 5.82 Å². The van der Waals surface area contributed by atoms with Crippen LogP contribution in [0.1, 0.15) is 39.5 Å². The average molecular weight is 338 g/mol. The summed E-state index contributed by atoms with van der Waals surface area (Å²) >= 11 is 0. The molecular weight excluding hydrogens is 319 g/mol. The summed E-state index contributed by atoms with van der Waals surface area (Å²) in [6.45, 7) is 7.65. The second-order valence-corrected chi connectivity index (χ2v) is 6.38. The van der Waals surface area contributed by atoms with Crippen LogP contribution < -0.4 is 5.56 Å². The molecule has 3 aromatic rings. The Hall–Kier alpha value is -2.82. The third-order valence-electron chi connectivity index (χ3n) is 4.60. The Morgan fingerprint density at radius 2 is 1.88 bits per heavy atom. The van der Waals surface area contributed by atoms with Crippen molar-refractivity contribution in [2.45, 2.75) is 34.2 Å². The minimum atomic E-state index is -0.423. The van der Waals surface area contributed by atoms with E-state index in [0.717, 1.165) is 22.3 Å². The monoisotopic (exact) mass is 338 g/mol. The SMILES string of the molecule is CC(=O)c1c(C)cc(C)c(Cn2cnc3cc(F)ccc3c2=O)c1C. The lowest BCUT2D eigenvalue weighted by Gasteiger charge is -2.17. The van der Waals surface area contributed by atoms with Crippen molar-refractivity contribution in [2.75, 3.05) is 0 Å². The topological polar surface area (TPSA) is 52.0 Å². The van der Waals surface area contributed by atoms with Crippen molar-refractivity contribution in [2.24, 2.45) is 0 Å². The highest BCUT2D eigenvalue weighted by Gasteiger charge is 2.15. The highest BCUT2D eigenvalue weighted by atomic mass is 19.1. The lowest BCUT2D eigenvalue weighted by atomic mass is 9.91. The van der Waals surface area contributed by atoms with Gasteiger partial charge in [-0.1, -0.05) is 6.07 Å². The molecule has 3 rings (SSSR count). The zero-order valence-electron chi connectivity index (χ0n) is 14.7. The quantitative estimate of drug-likeness (QED) is 0.684. The van der Waals surface area contributed by atoms with E-state index in [1.165, 1.54) is 29.1 Å². The van der Waals surface area contributed by atoms with Crippen LogP contribution in [0.3, 0.4) is 0 Å². The molecule has 5 heteroatoms. The van der Waals surface area contributed by atoms with E-state index >= 15 is 0 Å². The summed E-state index contributed by atoms with van der Waals surface area (Å²) in [5.74, 6) is -0.413. The molecule has 0 fully saturated rings.